The van der Waals surface area contributed by atoms with E-state index in [9.17, 15) is 10.1 Å². The van der Waals surface area contributed by atoms with Gasteiger partial charge < -0.3 is 14.8 Å². The van der Waals surface area contributed by atoms with Crippen LogP contribution in [-0.4, -0.2) is 12.5 Å². The number of hydrogen-bond acceptors (Lipinski definition) is 4. The lowest BCUT2D eigenvalue weighted by atomic mass is 10.1. The molecule has 3 rings (SSSR count). The fourth-order valence-corrected chi connectivity index (χ4v) is 3.25. The highest BCUT2D eigenvalue weighted by Crippen LogP contribution is 2.27. The van der Waals surface area contributed by atoms with Crippen LogP contribution in [0.2, 0.25) is 5.02 Å². The van der Waals surface area contributed by atoms with Crippen LogP contribution < -0.4 is 14.8 Å². The molecule has 0 saturated heterocycles. The summed E-state index contributed by atoms with van der Waals surface area (Å²) in [7, 11) is 0. The number of ether oxygens (including phenoxy) is 2. The highest BCUT2D eigenvalue weighted by atomic mass is 79.9. The van der Waals surface area contributed by atoms with Crippen molar-refractivity contribution in [3.8, 4) is 17.6 Å². The van der Waals surface area contributed by atoms with Gasteiger partial charge in [0.05, 0.1) is 6.61 Å². The maximum Gasteiger partial charge on any atom is 0.266 e. The largest absolute Gasteiger partial charge is 0.494 e. The number of nitriles is 1. The summed E-state index contributed by atoms with van der Waals surface area (Å²) < 4.78 is 12.3. The Bertz CT molecular complexity index is 1150. The topological polar surface area (TPSA) is 71.3 Å². The van der Waals surface area contributed by atoms with Gasteiger partial charge in [-0.3, -0.25) is 4.79 Å². The molecule has 0 aliphatic heterocycles. The Balaban J connectivity index is 1.77. The molecule has 7 heteroatoms. The van der Waals surface area contributed by atoms with E-state index in [4.69, 9.17) is 21.1 Å². The molecule has 0 aliphatic rings. The molecule has 162 valence electrons. The number of nitrogens with zero attached hydrogens (tertiary/aromatic N) is 1. The number of hydrogen-bond donors (Lipinski definition) is 1. The number of rotatable bonds is 8. The third-order valence-electron chi connectivity index (χ3n) is 4.37. The van der Waals surface area contributed by atoms with E-state index in [1.807, 2.05) is 37.3 Å². The van der Waals surface area contributed by atoms with Crippen LogP contribution >= 0.6 is 27.5 Å². The maximum atomic E-state index is 12.7. The van der Waals surface area contributed by atoms with E-state index < -0.39 is 5.91 Å². The lowest BCUT2D eigenvalue weighted by Crippen LogP contribution is -2.13. The molecule has 0 bridgehead atoms. The van der Waals surface area contributed by atoms with E-state index in [2.05, 4.69) is 21.2 Å². The van der Waals surface area contributed by atoms with Crippen LogP contribution in [0.1, 0.15) is 18.1 Å². The fraction of sp³-hybridized carbons (Fsp3) is 0.120. The molecule has 0 saturated carbocycles. The van der Waals surface area contributed by atoms with Crippen molar-refractivity contribution in [3.05, 3.63) is 92.9 Å². The predicted octanol–water partition coefficient (Wildman–Crippen LogP) is 6.63. The minimum absolute atomic E-state index is 0.0744. The van der Waals surface area contributed by atoms with E-state index in [1.165, 1.54) is 6.08 Å². The van der Waals surface area contributed by atoms with Crippen molar-refractivity contribution in [1.29, 1.82) is 5.26 Å². The number of anilines is 1. The molecule has 0 radical (unpaired) electrons. The number of carbonyl (C=O) groups is 1. The molecule has 0 spiro atoms. The fourth-order valence-electron chi connectivity index (χ4n) is 2.81. The zero-order chi connectivity index (χ0) is 22.9. The van der Waals surface area contributed by atoms with Crippen molar-refractivity contribution in [1.82, 2.24) is 0 Å². The summed E-state index contributed by atoms with van der Waals surface area (Å²) in [6.07, 6.45) is 1.46. The minimum atomic E-state index is -0.532. The van der Waals surface area contributed by atoms with Crippen molar-refractivity contribution < 1.29 is 14.3 Å². The SMILES string of the molecule is CCOc1ccc(NC(=O)/C(C#N)=C/c2cc(Cl)ccc2OCc2ccc(Br)cc2)cc1. The van der Waals surface area contributed by atoms with Gasteiger partial charge in [0.1, 0.15) is 29.7 Å². The average Bonchev–Trinajstić information content (AvgIpc) is 2.79. The molecule has 0 unspecified atom stereocenters. The Morgan fingerprint density at radius 3 is 2.47 bits per heavy atom. The van der Waals surface area contributed by atoms with Crippen LogP contribution in [-0.2, 0) is 11.4 Å². The van der Waals surface area contributed by atoms with Gasteiger partial charge >= 0.3 is 0 Å². The molecule has 0 aromatic heterocycles. The Labute approximate surface area is 200 Å². The molecule has 1 N–H and O–H groups in total. The molecular weight excluding hydrogens is 492 g/mol. The third kappa shape index (κ3) is 6.61. The first kappa shape index (κ1) is 23.4. The van der Waals surface area contributed by atoms with Crippen molar-refractivity contribution in [2.75, 3.05) is 11.9 Å². The first-order valence-corrected chi connectivity index (χ1v) is 11.0. The van der Waals surface area contributed by atoms with E-state index in [0.717, 1.165) is 10.0 Å². The number of benzene rings is 3. The molecule has 0 aliphatic carbocycles. The van der Waals surface area contributed by atoms with Gasteiger partial charge in [-0.25, -0.2) is 0 Å². The number of carbonyl (C=O) groups excluding carboxylic acids is 1. The second-order valence-corrected chi connectivity index (χ2v) is 8.03. The molecule has 3 aromatic rings. The van der Waals surface area contributed by atoms with Gasteiger partial charge in [-0.1, -0.05) is 39.7 Å². The summed E-state index contributed by atoms with van der Waals surface area (Å²) in [5.74, 6) is 0.683. The number of nitrogens with one attached hydrogen (secondary N) is 1. The highest BCUT2D eigenvalue weighted by Gasteiger charge is 2.12. The summed E-state index contributed by atoms with van der Waals surface area (Å²) in [6, 6.07) is 21.7. The molecular formula is C25H20BrClN2O3. The Morgan fingerprint density at radius 2 is 1.81 bits per heavy atom. The van der Waals surface area contributed by atoms with Gasteiger partial charge in [0.15, 0.2) is 0 Å². The summed E-state index contributed by atoms with van der Waals surface area (Å²) in [5, 5.41) is 12.8. The smallest absolute Gasteiger partial charge is 0.266 e. The lowest BCUT2D eigenvalue weighted by Gasteiger charge is -2.11. The predicted molar refractivity (Wildman–Crippen MR) is 130 cm³/mol. The molecule has 1 amide bonds. The Hall–Kier alpha value is -3.27. The van der Waals surface area contributed by atoms with Crippen molar-refractivity contribution in [2.45, 2.75) is 13.5 Å². The first-order chi connectivity index (χ1) is 15.5. The molecule has 32 heavy (non-hydrogen) atoms. The normalized spacial score (nSPS) is 10.9. The van der Waals surface area contributed by atoms with Crippen LogP contribution in [0.15, 0.2) is 76.8 Å². The quantitative estimate of drug-likeness (QED) is 0.272. The van der Waals surface area contributed by atoms with Crippen LogP contribution in [0.3, 0.4) is 0 Å². The van der Waals surface area contributed by atoms with Crippen LogP contribution in [0.5, 0.6) is 11.5 Å². The van der Waals surface area contributed by atoms with Gasteiger partial charge in [0.2, 0.25) is 0 Å². The zero-order valence-electron chi connectivity index (χ0n) is 17.3. The van der Waals surface area contributed by atoms with Crippen LogP contribution in [0, 0.1) is 11.3 Å². The molecule has 5 nitrogen and oxygen atoms in total. The van der Waals surface area contributed by atoms with E-state index in [0.29, 0.717) is 41.0 Å². The zero-order valence-corrected chi connectivity index (χ0v) is 19.6. The molecule has 0 fully saturated rings. The first-order valence-electron chi connectivity index (χ1n) is 9.81. The van der Waals surface area contributed by atoms with Crippen molar-refractivity contribution in [3.63, 3.8) is 0 Å². The van der Waals surface area contributed by atoms with Gasteiger partial charge in [-0.05, 0) is 73.2 Å². The summed E-state index contributed by atoms with van der Waals surface area (Å²) >= 11 is 9.55. The van der Waals surface area contributed by atoms with Crippen LogP contribution in [0.25, 0.3) is 6.08 Å². The van der Waals surface area contributed by atoms with E-state index >= 15 is 0 Å². The summed E-state index contributed by atoms with van der Waals surface area (Å²) in [4.78, 5) is 12.7. The molecule has 0 heterocycles. The van der Waals surface area contributed by atoms with E-state index in [1.54, 1.807) is 42.5 Å². The van der Waals surface area contributed by atoms with E-state index in [-0.39, 0.29) is 5.57 Å². The van der Waals surface area contributed by atoms with Gasteiger partial charge in [-0.2, -0.15) is 5.26 Å². The minimum Gasteiger partial charge on any atom is -0.494 e. The number of amides is 1. The van der Waals surface area contributed by atoms with Gasteiger partial charge in [-0.15, -0.1) is 0 Å². The second kappa shape index (κ2) is 11.4. The van der Waals surface area contributed by atoms with Gasteiger partial charge in [0.25, 0.3) is 5.91 Å². The highest BCUT2D eigenvalue weighted by molar-refractivity contribution is 9.10. The maximum absolute atomic E-state index is 12.7. The molecule has 0 atom stereocenters. The van der Waals surface area contributed by atoms with Crippen molar-refractivity contribution >= 4 is 45.2 Å². The number of halogens is 2. The standard InChI is InChI=1S/C25H20BrClN2O3/c1-2-31-23-10-8-22(9-11-23)29-25(30)19(15-28)13-18-14-21(27)7-12-24(18)32-16-17-3-5-20(26)6-4-17/h3-14H,2,16H2,1H3,(H,29,30)/b19-13+. The molecule has 3 aromatic carbocycles. The lowest BCUT2D eigenvalue weighted by molar-refractivity contribution is -0.112. The van der Waals surface area contributed by atoms with Crippen molar-refractivity contribution in [2.24, 2.45) is 0 Å². The van der Waals surface area contributed by atoms with Crippen LogP contribution in [0.4, 0.5) is 5.69 Å². The Morgan fingerprint density at radius 1 is 1.09 bits per heavy atom. The Kier molecular flexibility index (Phi) is 8.32. The third-order valence-corrected chi connectivity index (χ3v) is 5.13. The summed E-state index contributed by atoms with van der Waals surface area (Å²) in [6.45, 7) is 2.78. The second-order valence-electron chi connectivity index (χ2n) is 6.68. The average molecular weight is 512 g/mol. The summed E-state index contributed by atoms with van der Waals surface area (Å²) in [5.41, 5.74) is 1.99. The monoisotopic (exact) mass is 510 g/mol. The van der Waals surface area contributed by atoms with Gasteiger partial charge in [0, 0.05) is 20.7 Å².